The molecule has 1 heterocycles. The number of anilines is 1. The number of hydrogen-bond donors (Lipinski definition) is 2. The van der Waals surface area contributed by atoms with Crippen molar-refractivity contribution in [2.45, 2.75) is 26.2 Å². The van der Waals surface area contributed by atoms with Crippen LogP contribution in [0.3, 0.4) is 0 Å². The van der Waals surface area contributed by atoms with Gasteiger partial charge in [0.25, 0.3) is 5.91 Å². The van der Waals surface area contributed by atoms with Gasteiger partial charge in [-0.3, -0.25) is 9.48 Å². The highest BCUT2D eigenvalue weighted by Crippen LogP contribution is 2.18. The lowest BCUT2D eigenvalue weighted by Crippen LogP contribution is -2.29. The van der Waals surface area contributed by atoms with E-state index in [1.54, 1.807) is 11.7 Å². The molecule has 0 aliphatic rings. The molecule has 112 valence electrons. The Morgan fingerprint density at radius 3 is 2.62 bits per heavy atom. The Kier molecular flexibility index (Phi) is 4.62. The fourth-order valence-electron chi connectivity index (χ4n) is 2.36. The number of nitrogens with zero attached hydrogens (tertiary/aromatic N) is 2. The Bertz CT molecular complexity index is 619. The van der Waals surface area contributed by atoms with E-state index in [1.165, 1.54) is 5.56 Å². The number of nitrogens with one attached hydrogen (secondary N) is 1. The number of amides is 1. The number of hydrogen-bond acceptors (Lipinski definition) is 3. The van der Waals surface area contributed by atoms with Crippen molar-refractivity contribution in [1.82, 2.24) is 15.1 Å². The van der Waals surface area contributed by atoms with Crippen LogP contribution in [-0.2, 0) is 13.5 Å². The molecule has 5 nitrogen and oxygen atoms in total. The molecule has 21 heavy (non-hydrogen) atoms. The SMILES string of the molecule is CCc1nn(C)c(C(=O)NCC(C)c2ccccc2)c1N. The molecule has 1 aromatic carbocycles. The number of nitrogens with two attached hydrogens (primary N) is 1. The van der Waals surface area contributed by atoms with Gasteiger partial charge in [0.2, 0.25) is 0 Å². The monoisotopic (exact) mass is 286 g/mol. The van der Waals surface area contributed by atoms with Gasteiger partial charge in [-0.05, 0) is 17.9 Å². The number of benzene rings is 1. The van der Waals surface area contributed by atoms with Gasteiger partial charge >= 0.3 is 0 Å². The standard InChI is InChI=1S/C16H22N4O/c1-4-13-14(17)15(20(3)19-13)16(21)18-10-11(2)12-8-6-5-7-9-12/h5-9,11H,4,10,17H2,1-3H3,(H,18,21). The van der Waals surface area contributed by atoms with Crippen LogP contribution in [0, 0.1) is 0 Å². The molecule has 1 unspecified atom stereocenters. The van der Waals surface area contributed by atoms with Crippen LogP contribution in [-0.4, -0.2) is 22.2 Å². The maximum Gasteiger partial charge on any atom is 0.271 e. The number of aryl methyl sites for hydroxylation is 2. The summed E-state index contributed by atoms with van der Waals surface area (Å²) in [6, 6.07) is 10.1. The van der Waals surface area contributed by atoms with E-state index in [9.17, 15) is 4.79 Å². The number of aromatic nitrogens is 2. The average Bonchev–Trinajstić information content (AvgIpc) is 2.79. The molecule has 2 rings (SSSR count). The summed E-state index contributed by atoms with van der Waals surface area (Å²) < 4.78 is 1.55. The molecule has 0 spiro atoms. The molecule has 0 radical (unpaired) electrons. The van der Waals surface area contributed by atoms with Crippen LogP contribution in [0.1, 0.15) is 41.5 Å². The van der Waals surface area contributed by atoms with Gasteiger partial charge in [-0.25, -0.2) is 0 Å². The molecule has 0 bridgehead atoms. The molecular formula is C16H22N4O. The molecule has 0 aliphatic carbocycles. The first-order valence-corrected chi connectivity index (χ1v) is 7.19. The van der Waals surface area contributed by atoms with Gasteiger partial charge in [-0.15, -0.1) is 0 Å². The second kappa shape index (κ2) is 6.43. The van der Waals surface area contributed by atoms with Gasteiger partial charge in [-0.1, -0.05) is 44.2 Å². The highest BCUT2D eigenvalue weighted by molar-refractivity contribution is 5.98. The zero-order chi connectivity index (χ0) is 15.4. The smallest absolute Gasteiger partial charge is 0.271 e. The maximum absolute atomic E-state index is 12.3. The third-order valence-electron chi connectivity index (χ3n) is 3.65. The highest BCUT2D eigenvalue weighted by atomic mass is 16.2. The summed E-state index contributed by atoms with van der Waals surface area (Å²) >= 11 is 0. The summed E-state index contributed by atoms with van der Waals surface area (Å²) in [6.07, 6.45) is 0.716. The Hall–Kier alpha value is -2.30. The zero-order valence-corrected chi connectivity index (χ0v) is 12.8. The summed E-state index contributed by atoms with van der Waals surface area (Å²) in [5.41, 5.74) is 8.86. The molecule has 5 heteroatoms. The lowest BCUT2D eigenvalue weighted by atomic mass is 10.0. The molecule has 1 amide bonds. The minimum atomic E-state index is -0.176. The Labute approximate surface area is 125 Å². The van der Waals surface area contributed by atoms with E-state index in [0.29, 0.717) is 24.3 Å². The zero-order valence-electron chi connectivity index (χ0n) is 12.8. The van der Waals surface area contributed by atoms with Crippen LogP contribution in [0.5, 0.6) is 0 Å². The molecule has 0 aliphatic heterocycles. The first-order valence-electron chi connectivity index (χ1n) is 7.19. The second-order valence-corrected chi connectivity index (χ2v) is 5.21. The number of nitrogen functional groups attached to an aromatic ring is 1. The summed E-state index contributed by atoms with van der Waals surface area (Å²) in [6.45, 7) is 4.62. The maximum atomic E-state index is 12.3. The molecule has 1 atom stereocenters. The third-order valence-corrected chi connectivity index (χ3v) is 3.65. The number of carbonyl (C=O) groups is 1. The minimum absolute atomic E-state index is 0.176. The van der Waals surface area contributed by atoms with Gasteiger partial charge in [0.15, 0.2) is 0 Å². The lowest BCUT2D eigenvalue weighted by Gasteiger charge is -2.13. The third kappa shape index (κ3) is 3.24. The van der Waals surface area contributed by atoms with E-state index < -0.39 is 0 Å². The molecule has 3 N–H and O–H groups in total. The minimum Gasteiger partial charge on any atom is -0.395 e. The van der Waals surface area contributed by atoms with Crippen molar-refractivity contribution >= 4 is 11.6 Å². The predicted molar refractivity (Wildman–Crippen MR) is 84.2 cm³/mol. The summed E-state index contributed by atoms with van der Waals surface area (Å²) in [5.74, 6) is 0.0697. The van der Waals surface area contributed by atoms with Crippen molar-refractivity contribution in [3.63, 3.8) is 0 Å². The second-order valence-electron chi connectivity index (χ2n) is 5.21. The van der Waals surface area contributed by atoms with Crippen molar-refractivity contribution in [2.24, 2.45) is 7.05 Å². The van der Waals surface area contributed by atoms with E-state index >= 15 is 0 Å². The van der Waals surface area contributed by atoms with Crippen LogP contribution in [0.25, 0.3) is 0 Å². The topological polar surface area (TPSA) is 72.9 Å². The quantitative estimate of drug-likeness (QED) is 0.884. The van der Waals surface area contributed by atoms with Crippen LogP contribution >= 0.6 is 0 Å². The van der Waals surface area contributed by atoms with Gasteiger partial charge in [0.1, 0.15) is 5.69 Å². The first kappa shape index (κ1) is 15.1. The molecule has 0 fully saturated rings. The number of carbonyl (C=O) groups excluding carboxylic acids is 1. The van der Waals surface area contributed by atoms with E-state index in [2.05, 4.69) is 29.5 Å². The first-order chi connectivity index (χ1) is 10.0. The predicted octanol–water partition coefficient (Wildman–Crippen LogP) is 2.10. The largest absolute Gasteiger partial charge is 0.395 e. The Morgan fingerprint density at radius 2 is 2.05 bits per heavy atom. The Morgan fingerprint density at radius 1 is 1.38 bits per heavy atom. The lowest BCUT2D eigenvalue weighted by molar-refractivity contribution is 0.0943. The van der Waals surface area contributed by atoms with Crippen LogP contribution in [0.15, 0.2) is 30.3 Å². The van der Waals surface area contributed by atoms with Crippen molar-refractivity contribution in [1.29, 1.82) is 0 Å². The van der Waals surface area contributed by atoms with Crippen molar-refractivity contribution < 1.29 is 4.79 Å². The van der Waals surface area contributed by atoms with Crippen molar-refractivity contribution in [2.75, 3.05) is 12.3 Å². The van der Waals surface area contributed by atoms with E-state index in [1.807, 2.05) is 25.1 Å². The molecule has 2 aromatic rings. The normalized spacial score (nSPS) is 12.1. The Balaban J connectivity index is 2.04. The van der Waals surface area contributed by atoms with Crippen LogP contribution in [0.2, 0.25) is 0 Å². The fourth-order valence-corrected chi connectivity index (χ4v) is 2.36. The molecular weight excluding hydrogens is 264 g/mol. The van der Waals surface area contributed by atoms with E-state index in [4.69, 9.17) is 5.73 Å². The van der Waals surface area contributed by atoms with Crippen molar-refractivity contribution in [3.05, 3.63) is 47.3 Å². The van der Waals surface area contributed by atoms with E-state index in [0.717, 1.165) is 5.69 Å². The molecule has 0 saturated carbocycles. The van der Waals surface area contributed by atoms with Gasteiger partial charge in [0, 0.05) is 13.6 Å². The molecule has 1 aromatic heterocycles. The summed E-state index contributed by atoms with van der Waals surface area (Å²) in [4.78, 5) is 12.3. The van der Waals surface area contributed by atoms with Gasteiger partial charge in [-0.2, -0.15) is 5.10 Å². The van der Waals surface area contributed by atoms with Crippen LogP contribution in [0.4, 0.5) is 5.69 Å². The average molecular weight is 286 g/mol. The number of rotatable bonds is 5. The van der Waals surface area contributed by atoms with Crippen molar-refractivity contribution in [3.8, 4) is 0 Å². The van der Waals surface area contributed by atoms with E-state index in [-0.39, 0.29) is 11.8 Å². The van der Waals surface area contributed by atoms with Crippen LogP contribution < -0.4 is 11.1 Å². The fraction of sp³-hybridized carbons (Fsp3) is 0.375. The summed E-state index contributed by atoms with van der Waals surface area (Å²) in [5, 5.41) is 7.20. The molecule has 0 saturated heterocycles. The highest BCUT2D eigenvalue weighted by Gasteiger charge is 2.19. The van der Waals surface area contributed by atoms with Gasteiger partial charge in [0.05, 0.1) is 11.4 Å². The summed E-state index contributed by atoms with van der Waals surface area (Å²) in [7, 11) is 1.74. The van der Waals surface area contributed by atoms with Gasteiger partial charge < -0.3 is 11.1 Å².